The number of aliphatic hydroxyl groups is 1. The standard InChI is InChI=1S/C15H24O/c1-11-6-7-12(10-13(11)16)15(4)9-5-8-14(15,2)3/h10,12,16H,1,5-9H2,2-4H3/t12-,15+/m0/s1. The highest BCUT2D eigenvalue weighted by molar-refractivity contribution is 5.27. The first-order chi connectivity index (χ1) is 7.37. The molecule has 2 aliphatic rings. The molecule has 2 aliphatic carbocycles. The van der Waals surface area contributed by atoms with E-state index in [2.05, 4.69) is 33.4 Å². The smallest absolute Gasteiger partial charge is 0.114 e. The molecule has 1 fully saturated rings. The van der Waals surface area contributed by atoms with E-state index in [4.69, 9.17) is 0 Å². The van der Waals surface area contributed by atoms with Crippen LogP contribution in [0.2, 0.25) is 0 Å². The van der Waals surface area contributed by atoms with E-state index in [-0.39, 0.29) is 0 Å². The molecule has 0 aromatic heterocycles. The first-order valence-corrected chi connectivity index (χ1v) is 6.46. The lowest BCUT2D eigenvalue weighted by Crippen LogP contribution is -2.37. The highest BCUT2D eigenvalue weighted by Crippen LogP contribution is 2.58. The van der Waals surface area contributed by atoms with Gasteiger partial charge in [0, 0.05) is 0 Å². The highest BCUT2D eigenvalue weighted by atomic mass is 16.3. The van der Waals surface area contributed by atoms with Crippen LogP contribution < -0.4 is 0 Å². The van der Waals surface area contributed by atoms with Crippen LogP contribution in [0, 0.1) is 16.7 Å². The summed E-state index contributed by atoms with van der Waals surface area (Å²) in [7, 11) is 0. The van der Waals surface area contributed by atoms with Crippen LogP contribution in [-0.4, -0.2) is 5.11 Å². The monoisotopic (exact) mass is 220 g/mol. The van der Waals surface area contributed by atoms with Crippen LogP contribution in [0.5, 0.6) is 0 Å². The van der Waals surface area contributed by atoms with E-state index in [1.807, 2.05) is 0 Å². The Kier molecular flexibility index (Phi) is 2.68. The number of aliphatic hydroxyl groups excluding tert-OH is 1. The van der Waals surface area contributed by atoms with Crippen LogP contribution in [0.1, 0.15) is 52.9 Å². The van der Waals surface area contributed by atoms with Crippen molar-refractivity contribution in [3.8, 4) is 0 Å². The van der Waals surface area contributed by atoms with Gasteiger partial charge in [0.1, 0.15) is 5.76 Å². The Labute approximate surface area is 99.3 Å². The Morgan fingerprint density at radius 2 is 2.00 bits per heavy atom. The lowest BCUT2D eigenvalue weighted by molar-refractivity contribution is 0.0697. The molecule has 1 N–H and O–H groups in total. The van der Waals surface area contributed by atoms with E-state index in [1.54, 1.807) is 0 Å². The van der Waals surface area contributed by atoms with Crippen LogP contribution in [0.3, 0.4) is 0 Å². The minimum atomic E-state index is 0.349. The minimum absolute atomic E-state index is 0.349. The first-order valence-electron chi connectivity index (χ1n) is 6.46. The summed E-state index contributed by atoms with van der Waals surface area (Å²) in [4.78, 5) is 0. The first kappa shape index (κ1) is 11.8. The Balaban J connectivity index is 2.29. The summed E-state index contributed by atoms with van der Waals surface area (Å²) in [6.45, 7) is 11.1. The molecule has 1 nitrogen and oxygen atoms in total. The zero-order chi connectivity index (χ0) is 12.0. The third-order valence-corrected chi connectivity index (χ3v) is 5.34. The maximum atomic E-state index is 9.85. The van der Waals surface area contributed by atoms with Crippen molar-refractivity contribution in [2.75, 3.05) is 0 Å². The normalized spacial score (nSPS) is 38.6. The molecule has 1 heteroatoms. The summed E-state index contributed by atoms with van der Waals surface area (Å²) in [6, 6.07) is 0. The van der Waals surface area contributed by atoms with Gasteiger partial charge in [-0.2, -0.15) is 0 Å². The van der Waals surface area contributed by atoms with Crippen molar-refractivity contribution in [1.29, 1.82) is 0 Å². The molecule has 0 heterocycles. The van der Waals surface area contributed by atoms with Crippen LogP contribution in [-0.2, 0) is 0 Å². The van der Waals surface area contributed by atoms with Crippen molar-refractivity contribution in [2.45, 2.75) is 52.9 Å². The molecule has 0 bridgehead atoms. The highest BCUT2D eigenvalue weighted by Gasteiger charge is 2.49. The van der Waals surface area contributed by atoms with Crippen LogP contribution in [0.4, 0.5) is 0 Å². The third kappa shape index (κ3) is 1.61. The van der Waals surface area contributed by atoms with E-state index >= 15 is 0 Å². The van der Waals surface area contributed by atoms with Crippen LogP contribution in [0.15, 0.2) is 24.0 Å². The van der Waals surface area contributed by atoms with Gasteiger partial charge in [-0.25, -0.2) is 0 Å². The Hall–Kier alpha value is -0.720. The van der Waals surface area contributed by atoms with E-state index in [9.17, 15) is 5.11 Å². The molecule has 0 spiro atoms. The van der Waals surface area contributed by atoms with Gasteiger partial charge in [0.15, 0.2) is 0 Å². The summed E-state index contributed by atoms with van der Waals surface area (Å²) in [6.07, 6.45) is 8.12. The molecule has 0 unspecified atom stereocenters. The van der Waals surface area contributed by atoms with Gasteiger partial charge < -0.3 is 5.11 Å². The lowest BCUT2D eigenvalue weighted by atomic mass is 9.60. The summed E-state index contributed by atoms with van der Waals surface area (Å²) >= 11 is 0. The second-order valence-corrected chi connectivity index (χ2v) is 6.46. The quantitative estimate of drug-likeness (QED) is 0.684. The van der Waals surface area contributed by atoms with Gasteiger partial charge in [-0.15, -0.1) is 0 Å². The maximum absolute atomic E-state index is 9.85. The minimum Gasteiger partial charge on any atom is -0.508 e. The fraction of sp³-hybridized carbons (Fsp3) is 0.733. The van der Waals surface area contributed by atoms with E-state index in [0.717, 1.165) is 18.4 Å². The molecule has 0 aliphatic heterocycles. The second kappa shape index (κ2) is 3.65. The maximum Gasteiger partial charge on any atom is 0.114 e. The van der Waals surface area contributed by atoms with Gasteiger partial charge >= 0.3 is 0 Å². The summed E-state index contributed by atoms with van der Waals surface area (Å²) in [5.74, 6) is 0.968. The molecule has 90 valence electrons. The van der Waals surface area contributed by atoms with Gasteiger partial charge in [-0.05, 0) is 54.1 Å². The van der Waals surface area contributed by atoms with Crippen molar-refractivity contribution in [2.24, 2.45) is 16.7 Å². The average molecular weight is 220 g/mol. The molecule has 0 aromatic carbocycles. The molecule has 16 heavy (non-hydrogen) atoms. The van der Waals surface area contributed by atoms with Crippen molar-refractivity contribution in [3.63, 3.8) is 0 Å². The average Bonchev–Trinajstić information content (AvgIpc) is 2.47. The largest absolute Gasteiger partial charge is 0.508 e. The molecule has 2 atom stereocenters. The number of hydrogen-bond donors (Lipinski definition) is 1. The van der Waals surface area contributed by atoms with Crippen molar-refractivity contribution < 1.29 is 5.11 Å². The van der Waals surface area contributed by atoms with E-state index in [1.165, 1.54) is 19.3 Å². The molecule has 0 amide bonds. The van der Waals surface area contributed by atoms with Crippen molar-refractivity contribution >= 4 is 0 Å². The Morgan fingerprint density at radius 1 is 1.31 bits per heavy atom. The number of allylic oxidation sites excluding steroid dienone is 2. The Bertz CT molecular complexity index is 337. The number of rotatable bonds is 1. The zero-order valence-corrected chi connectivity index (χ0v) is 10.8. The van der Waals surface area contributed by atoms with Crippen LogP contribution >= 0.6 is 0 Å². The van der Waals surface area contributed by atoms with Gasteiger partial charge in [0.05, 0.1) is 0 Å². The second-order valence-electron chi connectivity index (χ2n) is 6.46. The molecular formula is C15H24O. The van der Waals surface area contributed by atoms with E-state index in [0.29, 0.717) is 22.5 Å². The number of hydrogen-bond acceptors (Lipinski definition) is 1. The zero-order valence-electron chi connectivity index (χ0n) is 10.8. The van der Waals surface area contributed by atoms with E-state index < -0.39 is 0 Å². The topological polar surface area (TPSA) is 20.2 Å². The van der Waals surface area contributed by atoms with Crippen LogP contribution in [0.25, 0.3) is 0 Å². The molecule has 2 rings (SSSR count). The summed E-state index contributed by atoms with van der Waals surface area (Å²) in [5, 5.41) is 9.85. The predicted molar refractivity (Wildman–Crippen MR) is 68.3 cm³/mol. The fourth-order valence-electron chi connectivity index (χ4n) is 3.56. The van der Waals surface area contributed by atoms with Gasteiger partial charge in [0.2, 0.25) is 0 Å². The molecular weight excluding hydrogens is 196 g/mol. The molecule has 0 radical (unpaired) electrons. The van der Waals surface area contributed by atoms with Crippen molar-refractivity contribution in [3.05, 3.63) is 24.0 Å². The SMILES string of the molecule is C=C1CC[C@H]([C@@]2(C)CCCC2(C)C)C=C1O. The summed E-state index contributed by atoms with van der Waals surface area (Å²) < 4.78 is 0. The van der Waals surface area contributed by atoms with Crippen molar-refractivity contribution in [1.82, 2.24) is 0 Å². The summed E-state index contributed by atoms with van der Waals surface area (Å²) in [5.41, 5.74) is 1.66. The molecule has 1 saturated carbocycles. The fourth-order valence-corrected chi connectivity index (χ4v) is 3.56. The van der Waals surface area contributed by atoms with Gasteiger partial charge in [0.25, 0.3) is 0 Å². The molecule has 0 aromatic rings. The lowest BCUT2D eigenvalue weighted by Gasteiger charge is -2.45. The molecule has 0 saturated heterocycles. The third-order valence-electron chi connectivity index (χ3n) is 5.34. The Morgan fingerprint density at radius 3 is 2.50 bits per heavy atom. The predicted octanol–water partition coefficient (Wildman–Crippen LogP) is 4.61. The van der Waals surface area contributed by atoms with Gasteiger partial charge in [-0.3, -0.25) is 0 Å². The van der Waals surface area contributed by atoms with Gasteiger partial charge in [-0.1, -0.05) is 33.8 Å².